The number of hydrogen-bond acceptors (Lipinski definition) is 7. The van der Waals surface area contributed by atoms with Gasteiger partial charge in [0, 0.05) is 11.6 Å². The van der Waals surface area contributed by atoms with Crippen molar-refractivity contribution in [2.24, 2.45) is 0 Å². The second kappa shape index (κ2) is 8.76. The van der Waals surface area contributed by atoms with E-state index in [1.54, 1.807) is 6.20 Å². The predicted octanol–water partition coefficient (Wildman–Crippen LogP) is 4.44. The fraction of sp³-hybridized carbons (Fsp3) is 0.190. The summed E-state index contributed by atoms with van der Waals surface area (Å²) >= 11 is 2.74. The first-order chi connectivity index (χ1) is 14.5. The second-order valence-corrected chi connectivity index (χ2v) is 8.58. The fourth-order valence-electron chi connectivity index (χ4n) is 2.99. The van der Waals surface area contributed by atoms with Gasteiger partial charge in [0.05, 0.1) is 17.1 Å². The zero-order chi connectivity index (χ0) is 21.1. The Balaban J connectivity index is 1.64. The quantitative estimate of drug-likeness (QED) is 0.450. The minimum atomic E-state index is -0.135. The highest BCUT2D eigenvalue weighted by Crippen LogP contribution is 2.29. The van der Waals surface area contributed by atoms with E-state index in [-0.39, 0.29) is 11.7 Å². The van der Waals surface area contributed by atoms with Gasteiger partial charge in [-0.15, -0.1) is 21.5 Å². The summed E-state index contributed by atoms with van der Waals surface area (Å²) in [5, 5.41) is 14.7. The Morgan fingerprint density at radius 1 is 1.17 bits per heavy atom. The molecule has 7 nitrogen and oxygen atoms in total. The summed E-state index contributed by atoms with van der Waals surface area (Å²) in [5.74, 6) is 0.703. The molecule has 0 aliphatic heterocycles. The van der Waals surface area contributed by atoms with Crippen molar-refractivity contribution in [3.05, 3.63) is 64.8 Å². The van der Waals surface area contributed by atoms with Crippen LogP contribution in [0.25, 0.3) is 17.2 Å². The molecular formula is C21H20N6OS2. The topological polar surface area (TPSA) is 85.6 Å². The predicted molar refractivity (Wildman–Crippen MR) is 120 cm³/mol. The van der Waals surface area contributed by atoms with Gasteiger partial charge in [-0.05, 0) is 44.5 Å². The van der Waals surface area contributed by atoms with E-state index < -0.39 is 0 Å². The van der Waals surface area contributed by atoms with E-state index in [1.807, 2.05) is 41.1 Å². The first-order valence-electron chi connectivity index (χ1n) is 9.30. The number of amides is 1. The smallest absolute Gasteiger partial charge is 0.236 e. The van der Waals surface area contributed by atoms with E-state index in [1.165, 1.54) is 28.7 Å². The second-order valence-electron chi connectivity index (χ2n) is 6.78. The lowest BCUT2D eigenvalue weighted by molar-refractivity contribution is -0.113. The van der Waals surface area contributed by atoms with Crippen molar-refractivity contribution in [3.63, 3.8) is 0 Å². The zero-order valence-corrected chi connectivity index (χ0v) is 18.4. The molecule has 0 unspecified atom stereocenters. The number of carbonyl (C=O) groups is 1. The SMILES string of the molecule is Cc1ccc(-n2c(SCC(=O)Nc3nc(C)cs3)nnc2-c2ccccn2)c(C)c1. The average Bonchev–Trinajstić information content (AvgIpc) is 3.33. The van der Waals surface area contributed by atoms with Crippen LogP contribution in [0.1, 0.15) is 16.8 Å². The molecule has 9 heteroatoms. The molecule has 152 valence electrons. The van der Waals surface area contributed by atoms with Crippen LogP contribution in [0, 0.1) is 20.8 Å². The Kier molecular flexibility index (Phi) is 5.91. The van der Waals surface area contributed by atoms with Crippen molar-refractivity contribution >= 4 is 34.1 Å². The largest absolute Gasteiger partial charge is 0.301 e. The summed E-state index contributed by atoms with van der Waals surface area (Å²) in [4.78, 5) is 21.1. The van der Waals surface area contributed by atoms with E-state index >= 15 is 0 Å². The van der Waals surface area contributed by atoms with Gasteiger partial charge in [0.2, 0.25) is 5.91 Å². The molecule has 4 rings (SSSR count). The van der Waals surface area contributed by atoms with E-state index in [2.05, 4.69) is 51.5 Å². The number of aromatic nitrogens is 5. The number of carbonyl (C=O) groups excluding carboxylic acids is 1. The Hall–Kier alpha value is -3.04. The van der Waals surface area contributed by atoms with Gasteiger partial charge in [-0.2, -0.15) is 0 Å². The van der Waals surface area contributed by atoms with E-state index in [0.717, 1.165) is 22.6 Å². The number of rotatable bonds is 6. The highest BCUT2D eigenvalue weighted by Gasteiger charge is 2.19. The van der Waals surface area contributed by atoms with E-state index in [4.69, 9.17) is 0 Å². The molecule has 0 fully saturated rings. The summed E-state index contributed by atoms with van der Waals surface area (Å²) in [5.41, 5.74) is 4.84. The fourth-order valence-corrected chi connectivity index (χ4v) is 4.44. The maximum atomic E-state index is 12.4. The van der Waals surface area contributed by atoms with Gasteiger partial charge in [-0.1, -0.05) is 35.5 Å². The molecule has 1 N–H and O–H groups in total. The minimum Gasteiger partial charge on any atom is -0.301 e. The number of anilines is 1. The molecule has 30 heavy (non-hydrogen) atoms. The van der Waals surface area contributed by atoms with Crippen LogP contribution in [0.2, 0.25) is 0 Å². The van der Waals surface area contributed by atoms with Crippen LogP contribution in [-0.4, -0.2) is 36.4 Å². The molecule has 0 bridgehead atoms. The number of benzene rings is 1. The summed E-state index contributed by atoms with van der Waals surface area (Å²) in [6, 6.07) is 11.9. The van der Waals surface area contributed by atoms with Gasteiger partial charge in [-0.3, -0.25) is 14.3 Å². The lowest BCUT2D eigenvalue weighted by atomic mass is 10.1. The summed E-state index contributed by atoms with van der Waals surface area (Å²) in [7, 11) is 0. The van der Waals surface area contributed by atoms with E-state index in [0.29, 0.717) is 16.1 Å². The highest BCUT2D eigenvalue weighted by molar-refractivity contribution is 7.99. The third-order valence-corrected chi connectivity index (χ3v) is 6.12. The molecular weight excluding hydrogens is 416 g/mol. The van der Waals surface area contributed by atoms with Gasteiger partial charge in [0.15, 0.2) is 16.1 Å². The third kappa shape index (κ3) is 4.42. The number of thiazole rings is 1. The Morgan fingerprint density at radius 2 is 2.03 bits per heavy atom. The Bertz CT molecular complexity index is 1190. The van der Waals surface area contributed by atoms with Crippen molar-refractivity contribution in [1.29, 1.82) is 0 Å². The van der Waals surface area contributed by atoms with Gasteiger partial charge >= 0.3 is 0 Å². The first-order valence-corrected chi connectivity index (χ1v) is 11.2. The molecule has 0 spiro atoms. The van der Waals surface area contributed by atoms with Crippen LogP contribution in [0.5, 0.6) is 0 Å². The van der Waals surface area contributed by atoms with Crippen molar-refractivity contribution < 1.29 is 4.79 Å². The van der Waals surface area contributed by atoms with Gasteiger partial charge in [0.1, 0.15) is 5.69 Å². The lowest BCUT2D eigenvalue weighted by Gasteiger charge is -2.13. The van der Waals surface area contributed by atoms with Crippen molar-refractivity contribution in [1.82, 2.24) is 24.7 Å². The lowest BCUT2D eigenvalue weighted by Crippen LogP contribution is -2.14. The highest BCUT2D eigenvalue weighted by atomic mass is 32.2. The molecule has 4 aromatic rings. The monoisotopic (exact) mass is 436 g/mol. The molecule has 0 aliphatic rings. The van der Waals surface area contributed by atoms with Crippen molar-refractivity contribution in [3.8, 4) is 17.2 Å². The third-order valence-electron chi connectivity index (χ3n) is 4.32. The molecule has 1 amide bonds. The van der Waals surface area contributed by atoms with Crippen LogP contribution in [-0.2, 0) is 4.79 Å². The number of pyridine rings is 1. The van der Waals surface area contributed by atoms with Gasteiger partial charge in [0.25, 0.3) is 0 Å². The van der Waals surface area contributed by atoms with Crippen LogP contribution in [0.15, 0.2) is 53.1 Å². The zero-order valence-electron chi connectivity index (χ0n) is 16.8. The summed E-state index contributed by atoms with van der Waals surface area (Å²) in [6.07, 6.45) is 1.73. The van der Waals surface area contributed by atoms with Crippen molar-refractivity contribution in [2.45, 2.75) is 25.9 Å². The van der Waals surface area contributed by atoms with Crippen LogP contribution in [0.3, 0.4) is 0 Å². The maximum Gasteiger partial charge on any atom is 0.236 e. The molecule has 0 atom stereocenters. The number of aryl methyl sites for hydroxylation is 3. The first kappa shape index (κ1) is 20.2. The van der Waals surface area contributed by atoms with E-state index in [9.17, 15) is 4.79 Å². The van der Waals surface area contributed by atoms with Gasteiger partial charge in [-0.25, -0.2) is 4.98 Å². The van der Waals surface area contributed by atoms with Crippen LogP contribution in [0.4, 0.5) is 5.13 Å². The molecule has 0 saturated carbocycles. The minimum absolute atomic E-state index is 0.135. The number of hydrogen-bond donors (Lipinski definition) is 1. The molecule has 3 aromatic heterocycles. The van der Waals surface area contributed by atoms with Crippen LogP contribution >= 0.6 is 23.1 Å². The molecule has 0 aliphatic carbocycles. The number of thioether (sulfide) groups is 1. The molecule has 1 aromatic carbocycles. The van der Waals surface area contributed by atoms with Crippen molar-refractivity contribution in [2.75, 3.05) is 11.1 Å². The standard InChI is InChI=1S/C21H20N6OS2/c1-13-7-8-17(14(2)10-13)27-19(16-6-4-5-9-22-16)25-26-21(27)30-12-18(28)24-20-23-15(3)11-29-20/h4-11H,12H2,1-3H3,(H,23,24,28). The maximum absolute atomic E-state index is 12.4. The van der Waals surface area contributed by atoms with Crippen LogP contribution < -0.4 is 5.32 Å². The number of nitrogens with zero attached hydrogens (tertiary/aromatic N) is 5. The normalized spacial score (nSPS) is 10.9. The molecule has 0 radical (unpaired) electrons. The molecule has 3 heterocycles. The molecule has 0 saturated heterocycles. The number of nitrogens with one attached hydrogen (secondary N) is 1. The van der Waals surface area contributed by atoms with Gasteiger partial charge < -0.3 is 5.32 Å². The summed E-state index contributed by atoms with van der Waals surface area (Å²) < 4.78 is 1.96. The Morgan fingerprint density at radius 3 is 2.73 bits per heavy atom. The summed E-state index contributed by atoms with van der Waals surface area (Å²) in [6.45, 7) is 6.01. The average molecular weight is 437 g/mol. The Labute approximate surface area is 182 Å².